The molecule has 1 aliphatic rings. The van der Waals surface area contributed by atoms with E-state index in [1.807, 2.05) is 6.92 Å². The van der Waals surface area contributed by atoms with E-state index in [1.54, 1.807) is 7.05 Å². The van der Waals surface area contributed by atoms with Gasteiger partial charge >= 0.3 is 5.97 Å². The Kier molecular flexibility index (Phi) is 9.76. The molecule has 0 aliphatic carbocycles. The van der Waals surface area contributed by atoms with Crippen LogP contribution in [0.4, 0.5) is 0 Å². The van der Waals surface area contributed by atoms with Crippen LogP contribution < -0.4 is 10.6 Å². The number of nitrogens with one attached hydrogen (secondary N) is 2. The molecule has 1 fully saturated rings. The monoisotopic (exact) mass is 340 g/mol. The lowest BCUT2D eigenvalue weighted by Gasteiger charge is -2.34. The second-order valence-corrected chi connectivity index (χ2v) is 7.02. The maximum Gasteiger partial charge on any atom is 0.310 e. The van der Waals surface area contributed by atoms with Crippen LogP contribution in [0.15, 0.2) is 4.99 Å². The number of nitrogens with zero attached hydrogens (tertiary/aromatic N) is 2. The maximum absolute atomic E-state index is 11.5. The van der Waals surface area contributed by atoms with Gasteiger partial charge < -0.3 is 15.4 Å². The van der Waals surface area contributed by atoms with Crippen LogP contribution in [-0.2, 0) is 9.53 Å². The van der Waals surface area contributed by atoms with Gasteiger partial charge in [-0.2, -0.15) is 0 Å². The van der Waals surface area contributed by atoms with Crippen LogP contribution in [0.25, 0.3) is 0 Å². The summed E-state index contributed by atoms with van der Waals surface area (Å²) in [4.78, 5) is 18.4. The first-order chi connectivity index (χ1) is 11.5. The van der Waals surface area contributed by atoms with Crippen LogP contribution >= 0.6 is 0 Å². The third-order valence-electron chi connectivity index (χ3n) is 4.76. The molecule has 2 unspecified atom stereocenters. The summed E-state index contributed by atoms with van der Waals surface area (Å²) in [6.07, 6.45) is 5.30. The minimum absolute atomic E-state index is 0.194. The molecular weight excluding hydrogens is 304 g/mol. The molecule has 1 aliphatic heterocycles. The van der Waals surface area contributed by atoms with Gasteiger partial charge in [-0.3, -0.25) is 14.7 Å². The molecule has 24 heavy (non-hydrogen) atoms. The van der Waals surface area contributed by atoms with Crippen molar-refractivity contribution in [2.75, 3.05) is 40.3 Å². The molecule has 1 rings (SSSR count). The topological polar surface area (TPSA) is 66.0 Å². The first kappa shape index (κ1) is 20.7. The third kappa shape index (κ3) is 7.07. The Morgan fingerprint density at radius 2 is 1.67 bits per heavy atom. The van der Waals surface area contributed by atoms with Gasteiger partial charge in [-0.05, 0) is 31.8 Å². The molecule has 6 nitrogen and oxygen atoms in total. The predicted octanol–water partition coefficient (Wildman–Crippen LogP) is 1.86. The smallest absolute Gasteiger partial charge is 0.310 e. The molecule has 0 aromatic carbocycles. The lowest BCUT2D eigenvalue weighted by atomic mass is 10.0. The summed E-state index contributed by atoms with van der Waals surface area (Å²) in [5.41, 5.74) is 0. The van der Waals surface area contributed by atoms with E-state index in [-0.39, 0.29) is 11.9 Å². The van der Waals surface area contributed by atoms with Gasteiger partial charge in [0.05, 0.1) is 13.0 Å². The Balaban J connectivity index is 2.49. The lowest BCUT2D eigenvalue weighted by molar-refractivity contribution is -0.144. The van der Waals surface area contributed by atoms with Gasteiger partial charge in [-0.1, -0.05) is 33.6 Å². The number of carbonyl (C=O) groups excluding carboxylic acids is 1. The van der Waals surface area contributed by atoms with E-state index in [0.29, 0.717) is 18.5 Å². The number of guanidine groups is 1. The number of carbonyl (C=O) groups is 1. The van der Waals surface area contributed by atoms with Crippen LogP contribution in [0.1, 0.15) is 46.5 Å². The fourth-order valence-corrected chi connectivity index (χ4v) is 3.17. The molecule has 0 radical (unpaired) electrons. The average molecular weight is 341 g/mol. The van der Waals surface area contributed by atoms with E-state index in [1.165, 1.54) is 45.9 Å². The van der Waals surface area contributed by atoms with Gasteiger partial charge in [-0.25, -0.2) is 0 Å². The molecule has 0 spiro atoms. The Labute approximate surface area is 147 Å². The van der Waals surface area contributed by atoms with Gasteiger partial charge in [0.15, 0.2) is 5.96 Å². The van der Waals surface area contributed by atoms with Crippen molar-refractivity contribution in [2.24, 2.45) is 16.8 Å². The summed E-state index contributed by atoms with van der Waals surface area (Å²) >= 11 is 0. The molecule has 0 saturated carbocycles. The first-order valence-electron chi connectivity index (χ1n) is 9.26. The SMILES string of the molecule is CN=C(NCC(C)C(=O)OC)NCC(C(C)C)N1CCCCCC1. The van der Waals surface area contributed by atoms with Gasteiger partial charge in [0.25, 0.3) is 0 Å². The van der Waals surface area contributed by atoms with Gasteiger partial charge in [-0.15, -0.1) is 0 Å². The highest BCUT2D eigenvalue weighted by Crippen LogP contribution is 2.17. The Bertz CT molecular complexity index is 390. The van der Waals surface area contributed by atoms with Crippen molar-refractivity contribution in [1.29, 1.82) is 0 Å². The molecule has 0 aromatic heterocycles. The molecule has 6 heteroatoms. The Morgan fingerprint density at radius 3 is 2.17 bits per heavy atom. The zero-order valence-corrected chi connectivity index (χ0v) is 16.1. The van der Waals surface area contributed by atoms with Crippen LogP contribution in [0, 0.1) is 11.8 Å². The number of rotatable bonds is 7. The summed E-state index contributed by atoms with van der Waals surface area (Å²) in [7, 11) is 3.18. The molecule has 0 aromatic rings. The van der Waals surface area contributed by atoms with Crippen molar-refractivity contribution in [3.05, 3.63) is 0 Å². The molecule has 1 heterocycles. The van der Waals surface area contributed by atoms with Crippen molar-refractivity contribution in [3.63, 3.8) is 0 Å². The van der Waals surface area contributed by atoms with Crippen molar-refractivity contribution < 1.29 is 9.53 Å². The summed E-state index contributed by atoms with van der Waals surface area (Å²) in [5, 5.41) is 6.64. The maximum atomic E-state index is 11.5. The number of hydrogen-bond acceptors (Lipinski definition) is 4. The van der Waals surface area contributed by atoms with Crippen molar-refractivity contribution >= 4 is 11.9 Å². The van der Waals surface area contributed by atoms with E-state index in [2.05, 4.69) is 34.4 Å². The Morgan fingerprint density at radius 1 is 1.08 bits per heavy atom. The summed E-state index contributed by atoms with van der Waals surface area (Å²) < 4.78 is 4.75. The molecule has 0 bridgehead atoms. The fourth-order valence-electron chi connectivity index (χ4n) is 3.17. The minimum Gasteiger partial charge on any atom is -0.469 e. The zero-order valence-electron chi connectivity index (χ0n) is 16.1. The quantitative estimate of drug-likeness (QED) is 0.421. The van der Waals surface area contributed by atoms with Gasteiger partial charge in [0.1, 0.15) is 0 Å². The van der Waals surface area contributed by atoms with Crippen LogP contribution in [0.2, 0.25) is 0 Å². The zero-order chi connectivity index (χ0) is 17.9. The first-order valence-corrected chi connectivity index (χ1v) is 9.26. The van der Waals surface area contributed by atoms with Crippen LogP contribution in [-0.4, -0.2) is 63.2 Å². The van der Waals surface area contributed by atoms with Crippen LogP contribution in [0.5, 0.6) is 0 Å². The van der Waals surface area contributed by atoms with Crippen molar-refractivity contribution in [3.8, 4) is 0 Å². The number of esters is 1. The highest BCUT2D eigenvalue weighted by Gasteiger charge is 2.23. The fraction of sp³-hybridized carbons (Fsp3) is 0.889. The normalized spacial score (nSPS) is 19.5. The molecule has 2 atom stereocenters. The van der Waals surface area contributed by atoms with Gasteiger partial charge in [0, 0.05) is 26.2 Å². The van der Waals surface area contributed by atoms with E-state index in [9.17, 15) is 4.79 Å². The molecule has 140 valence electrons. The van der Waals surface area contributed by atoms with Crippen molar-refractivity contribution in [2.45, 2.75) is 52.5 Å². The number of ether oxygens (including phenoxy) is 1. The highest BCUT2D eigenvalue weighted by atomic mass is 16.5. The second-order valence-electron chi connectivity index (χ2n) is 7.02. The molecule has 2 N–H and O–H groups in total. The Hall–Kier alpha value is -1.30. The second kappa shape index (κ2) is 11.3. The molecular formula is C18H36N4O2. The molecule has 0 amide bonds. The number of methoxy groups -OCH3 is 1. The summed E-state index contributed by atoms with van der Waals surface area (Å²) in [6.45, 7) is 10.2. The molecule has 1 saturated heterocycles. The van der Waals surface area contributed by atoms with Crippen molar-refractivity contribution in [1.82, 2.24) is 15.5 Å². The van der Waals surface area contributed by atoms with E-state index >= 15 is 0 Å². The van der Waals surface area contributed by atoms with E-state index in [4.69, 9.17) is 4.74 Å². The number of hydrogen-bond donors (Lipinski definition) is 2. The van der Waals surface area contributed by atoms with Gasteiger partial charge in [0.2, 0.25) is 0 Å². The number of aliphatic imine (C=N–C) groups is 1. The predicted molar refractivity (Wildman–Crippen MR) is 99.2 cm³/mol. The standard InChI is InChI=1S/C18H36N4O2/c1-14(2)16(22-10-8-6-7-9-11-22)13-21-18(19-4)20-12-15(3)17(23)24-5/h14-16H,6-13H2,1-5H3,(H2,19,20,21). The minimum atomic E-state index is -0.206. The number of likely N-dealkylation sites (tertiary alicyclic amines) is 1. The highest BCUT2D eigenvalue weighted by molar-refractivity contribution is 5.80. The average Bonchev–Trinajstić information content (AvgIpc) is 2.85. The summed E-state index contributed by atoms with van der Waals surface area (Å²) in [5.74, 6) is 0.927. The largest absolute Gasteiger partial charge is 0.469 e. The van der Waals surface area contributed by atoms with E-state index < -0.39 is 0 Å². The van der Waals surface area contributed by atoms with E-state index in [0.717, 1.165) is 12.5 Å². The van der Waals surface area contributed by atoms with Crippen LogP contribution in [0.3, 0.4) is 0 Å². The lowest BCUT2D eigenvalue weighted by Crippen LogP contribution is -2.50. The third-order valence-corrected chi connectivity index (χ3v) is 4.76. The summed E-state index contributed by atoms with van der Waals surface area (Å²) in [6, 6.07) is 0.500.